The lowest BCUT2D eigenvalue weighted by atomic mass is 10.2. The molecular formula is C12H14N4. The molecule has 0 atom stereocenters. The van der Waals surface area contributed by atoms with E-state index < -0.39 is 0 Å². The number of nitrogens with zero attached hydrogens (tertiary/aromatic N) is 2. The molecule has 2 aromatic rings. The zero-order valence-electron chi connectivity index (χ0n) is 9.14. The van der Waals surface area contributed by atoms with Crippen molar-refractivity contribution in [1.82, 2.24) is 9.97 Å². The summed E-state index contributed by atoms with van der Waals surface area (Å²) in [6, 6.07) is 5.81. The highest BCUT2D eigenvalue weighted by atomic mass is 15.0. The van der Waals surface area contributed by atoms with Gasteiger partial charge in [0.25, 0.3) is 0 Å². The second-order valence-electron chi connectivity index (χ2n) is 3.60. The molecule has 0 fully saturated rings. The Morgan fingerprint density at radius 1 is 1.31 bits per heavy atom. The molecule has 0 amide bonds. The maximum atomic E-state index is 5.91. The molecule has 4 heteroatoms. The van der Waals surface area contributed by atoms with Crippen LogP contribution in [0.1, 0.15) is 11.1 Å². The van der Waals surface area contributed by atoms with Gasteiger partial charge in [-0.05, 0) is 30.2 Å². The fourth-order valence-corrected chi connectivity index (χ4v) is 1.40. The Bertz CT molecular complexity index is 468. The summed E-state index contributed by atoms with van der Waals surface area (Å²) in [5.41, 5.74) is 8.74. The predicted octanol–water partition coefficient (Wildman–Crippen LogP) is 1.98. The number of anilines is 2. The van der Waals surface area contributed by atoms with Crippen molar-refractivity contribution in [3.8, 4) is 0 Å². The Morgan fingerprint density at radius 3 is 2.94 bits per heavy atom. The normalized spacial score (nSPS) is 10.1. The highest BCUT2D eigenvalue weighted by Crippen LogP contribution is 2.19. The Morgan fingerprint density at radius 2 is 2.19 bits per heavy atom. The van der Waals surface area contributed by atoms with E-state index in [1.54, 1.807) is 12.4 Å². The molecule has 16 heavy (non-hydrogen) atoms. The van der Waals surface area contributed by atoms with E-state index in [0.29, 0.717) is 12.2 Å². The van der Waals surface area contributed by atoms with Gasteiger partial charge in [-0.2, -0.15) is 0 Å². The molecule has 0 aliphatic rings. The molecule has 0 aromatic carbocycles. The third kappa shape index (κ3) is 2.28. The number of aromatic nitrogens is 2. The Balaban J connectivity index is 2.08. The lowest BCUT2D eigenvalue weighted by molar-refractivity contribution is 1.08. The summed E-state index contributed by atoms with van der Waals surface area (Å²) in [5, 5.41) is 3.19. The molecular weight excluding hydrogens is 200 g/mol. The van der Waals surface area contributed by atoms with Crippen molar-refractivity contribution in [3.63, 3.8) is 0 Å². The molecule has 82 valence electrons. The van der Waals surface area contributed by atoms with Gasteiger partial charge in [0, 0.05) is 25.1 Å². The number of rotatable bonds is 3. The fraction of sp³-hybridized carbons (Fsp3) is 0.167. The minimum absolute atomic E-state index is 0.675. The summed E-state index contributed by atoms with van der Waals surface area (Å²) in [6.07, 6.45) is 5.32. The summed E-state index contributed by atoms with van der Waals surface area (Å²) in [7, 11) is 0. The standard InChI is InChI=1S/C12H14N4/c1-9-4-6-15-12(11(9)13)16-8-10-3-2-5-14-7-10/h2-7H,8,13H2,1H3,(H,15,16). The van der Waals surface area contributed by atoms with Crippen LogP contribution in [0.3, 0.4) is 0 Å². The molecule has 0 saturated carbocycles. The third-order valence-corrected chi connectivity index (χ3v) is 2.39. The molecule has 0 radical (unpaired) electrons. The molecule has 0 aliphatic heterocycles. The smallest absolute Gasteiger partial charge is 0.149 e. The zero-order chi connectivity index (χ0) is 11.4. The quantitative estimate of drug-likeness (QED) is 0.820. The lowest BCUT2D eigenvalue weighted by Crippen LogP contribution is -2.05. The van der Waals surface area contributed by atoms with Gasteiger partial charge in [-0.25, -0.2) is 4.98 Å². The maximum Gasteiger partial charge on any atom is 0.149 e. The first kappa shape index (κ1) is 10.4. The molecule has 4 nitrogen and oxygen atoms in total. The highest BCUT2D eigenvalue weighted by molar-refractivity contribution is 5.64. The van der Waals surface area contributed by atoms with Gasteiger partial charge in [0.15, 0.2) is 0 Å². The van der Waals surface area contributed by atoms with E-state index in [2.05, 4.69) is 15.3 Å². The van der Waals surface area contributed by atoms with Gasteiger partial charge in [0.2, 0.25) is 0 Å². The summed E-state index contributed by atoms with van der Waals surface area (Å²) in [4.78, 5) is 8.24. The van der Waals surface area contributed by atoms with Gasteiger partial charge in [0.1, 0.15) is 5.82 Å². The molecule has 2 rings (SSSR count). The fourth-order valence-electron chi connectivity index (χ4n) is 1.40. The van der Waals surface area contributed by atoms with E-state index in [1.807, 2.05) is 31.3 Å². The summed E-state index contributed by atoms with van der Waals surface area (Å²) in [5.74, 6) is 0.726. The average Bonchev–Trinajstić information content (AvgIpc) is 2.32. The maximum absolute atomic E-state index is 5.91. The van der Waals surface area contributed by atoms with Gasteiger partial charge in [-0.3, -0.25) is 4.98 Å². The van der Waals surface area contributed by atoms with E-state index in [9.17, 15) is 0 Å². The Kier molecular flexibility index (Phi) is 3.00. The number of nitrogens with two attached hydrogens (primary N) is 1. The van der Waals surface area contributed by atoms with Crippen LogP contribution < -0.4 is 11.1 Å². The predicted molar refractivity (Wildman–Crippen MR) is 65.0 cm³/mol. The van der Waals surface area contributed by atoms with Crippen molar-refractivity contribution >= 4 is 11.5 Å². The second-order valence-corrected chi connectivity index (χ2v) is 3.60. The molecule has 2 heterocycles. The summed E-state index contributed by atoms with van der Waals surface area (Å²) in [6.45, 7) is 2.64. The van der Waals surface area contributed by atoms with Gasteiger partial charge in [0.05, 0.1) is 5.69 Å². The number of aryl methyl sites for hydroxylation is 1. The molecule has 3 N–H and O–H groups in total. The van der Waals surface area contributed by atoms with E-state index in [1.165, 1.54) is 0 Å². The van der Waals surface area contributed by atoms with Crippen LogP contribution in [0.2, 0.25) is 0 Å². The summed E-state index contributed by atoms with van der Waals surface area (Å²) < 4.78 is 0. The first-order valence-electron chi connectivity index (χ1n) is 5.11. The van der Waals surface area contributed by atoms with Crippen LogP contribution in [0.5, 0.6) is 0 Å². The van der Waals surface area contributed by atoms with Crippen molar-refractivity contribution < 1.29 is 0 Å². The van der Waals surface area contributed by atoms with Crippen LogP contribution in [0, 0.1) is 6.92 Å². The van der Waals surface area contributed by atoms with Gasteiger partial charge < -0.3 is 11.1 Å². The minimum Gasteiger partial charge on any atom is -0.396 e. The van der Waals surface area contributed by atoms with Crippen LogP contribution in [0.4, 0.5) is 11.5 Å². The van der Waals surface area contributed by atoms with E-state index in [0.717, 1.165) is 16.9 Å². The molecule has 0 spiro atoms. The van der Waals surface area contributed by atoms with Crippen LogP contribution in [-0.4, -0.2) is 9.97 Å². The summed E-state index contributed by atoms with van der Waals surface area (Å²) >= 11 is 0. The Labute approximate surface area is 94.5 Å². The number of hydrogen-bond donors (Lipinski definition) is 2. The molecule has 0 saturated heterocycles. The van der Waals surface area contributed by atoms with E-state index in [-0.39, 0.29) is 0 Å². The van der Waals surface area contributed by atoms with Crippen molar-refractivity contribution in [2.24, 2.45) is 0 Å². The van der Waals surface area contributed by atoms with Crippen molar-refractivity contribution in [2.75, 3.05) is 11.1 Å². The third-order valence-electron chi connectivity index (χ3n) is 2.39. The largest absolute Gasteiger partial charge is 0.396 e. The van der Waals surface area contributed by atoms with Gasteiger partial charge in [-0.1, -0.05) is 6.07 Å². The SMILES string of the molecule is Cc1ccnc(NCc2cccnc2)c1N. The zero-order valence-corrected chi connectivity index (χ0v) is 9.14. The van der Waals surface area contributed by atoms with Gasteiger partial charge in [-0.15, -0.1) is 0 Å². The molecule has 0 aliphatic carbocycles. The monoisotopic (exact) mass is 214 g/mol. The number of hydrogen-bond acceptors (Lipinski definition) is 4. The van der Waals surface area contributed by atoms with Crippen molar-refractivity contribution in [1.29, 1.82) is 0 Å². The highest BCUT2D eigenvalue weighted by Gasteiger charge is 2.02. The van der Waals surface area contributed by atoms with E-state index >= 15 is 0 Å². The number of pyridine rings is 2. The molecule has 0 unspecified atom stereocenters. The number of nitrogen functional groups attached to an aromatic ring is 1. The topological polar surface area (TPSA) is 63.8 Å². The Hall–Kier alpha value is -2.10. The first-order chi connectivity index (χ1) is 7.77. The molecule has 2 aromatic heterocycles. The lowest BCUT2D eigenvalue weighted by Gasteiger charge is -2.09. The number of nitrogens with one attached hydrogen (secondary N) is 1. The van der Waals surface area contributed by atoms with Crippen LogP contribution >= 0.6 is 0 Å². The first-order valence-corrected chi connectivity index (χ1v) is 5.11. The second kappa shape index (κ2) is 4.61. The average molecular weight is 214 g/mol. The van der Waals surface area contributed by atoms with Crippen molar-refractivity contribution in [2.45, 2.75) is 13.5 Å². The van der Waals surface area contributed by atoms with Crippen LogP contribution in [-0.2, 0) is 6.54 Å². The van der Waals surface area contributed by atoms with Crippen molar-refractivity contribution in [3.05, 3.63) is 47.9 Å². The van der Waals surface area contributed by atoms with Crippen LogP contribution in [0.15, 0.2) is 36.8 Å². The minimum atomic E-state index is 0.675. The van der Waals surface area contributed by atoms with Crippen LogP contribution in [0.25, 0.3) is 0 Å². The molecule has 0 bridgehead atoms. The van der Waals surface area contributed by atoms with E-state index in [4.69, 9.17) is 5.73 Å². The van der Waals surface area contributed by atoms with Gasteiger partial charge >= 0.3 is 0 Å².